The topological polar surface area (TPSA) is 85.2 Å². The molecule has 4 aromatic carbocycles. The summed E-state index contributed by atoms with van der Waals surface area (Å²) >= 11 is 0. The Morgan fingerprint density at radius 1 is 0.613 bits per heavy atom. The Kier molecular flexibility index (Phi) is 20.2. The molecule has 0 radical (unpaired) electrons. The van der Waals surface area contributed by atoms with E-state index in [1.54, 1.807) is 13.0 Å². The molecule has 0 amide bonds. The molecule has 0 aliphatic rings. The van der Waals surface area contributed by atoms with Gasteiger partial charge in [-0.15, -0.1) is 0 Å². The second-order valence-corrected chi connectivity index (χ2v) is 16.9. The quantitative estimate of drug-likeness (QED) is 0.0195. The van der Waals surface area contributed by atoms with Gasteiger partial charge in [0.25, 0.3) is 0 Å². The Morgan fingerprint density at radius 2 is 1.21 bits per heavy atom. The van der Waals surface area contributed by atoms with E-state index in [-0.39, 0.29) is 25.6 Å². The molecule has 0 aromatic heterocycles. The lowest BCUT2D eigenvalue weighted by atomic mass is 9.81. The molecule has 0 heterocycles. The van der Waals surface area contributed by atoms with Gasteiger partial charge in [-0.2, -0.15) is 0 Å². The zero-order chi connectivity index (χ0) is 45.1. The second-order valence-electron chi connectivity index (χ2n) is 16.9. The standard InChI is InChI=1S/C55H71FO6/c1-9-12-14-17-42-20-22-44(23-21-42)45-24-27-51(52(56)36-45)46-25-26-50(43(11-3)33-46)49-34-47(18-15-30-60-41(8)39(4)5)53(48(35-49)19-16-31-62-54(59)40(6)7)61-32-29-55(37-57,38-58)28-13-10-2/h20-27,33-36,57-58H,4,6,8-19,28-32,37-38H2,1-3,5,7H3. The number of allylic oxidation sites excluding steroid dienone is 1. The van der Waals surface area contributed by atoms with Crippen molar-refractivity contribution in [2.45, 2.75) is 118 Å². The molecule has 0 fully saturated rings. The van der Waals surface area contributed by atoms with Crippen LogP contribution in [0.4, 0.5) is 4.39 Å². The zero-order valence-electron chi connectivity index (χ0n) is 38.2. The highest BCUT2D eigenvalue weighted by atomic mass is 19.1. The van der Waals surface area contributed by atoms with E-state index in [0.29, 0.717) is 68.6 Å². The van der Waals surface area contributed by atoms with E-state index < -0.39 is 11.4 Å². The number of carbonyl (C=O) groups is 1. The first kappa shape index (κ1) is 49.7. The van der Waals surface area contributed by atoms with E-state index in [4.69, 9.17) is 14.2 Å². The normalized spacial score (nSPS) is 11.4. The maximum Gasteiger partial charge on any atom is 0.333 e. The van der Waals surface area contributed by atoms with E-state index in [1.165, 1.54) is 24.8 Å². The van der Waals surface area contributed by atoms with Gasteiger partial charge in [-0.25, -0.2) is 9.18 Å². The van der Waals surface area contributed by atoms with E-state index in [0.717, 1.165) is 81.5 Å². The van der Waals surface area contributed by atoms with Crippen LogP contribution in [0.25, 0.3) is 33.4 Å². The van der Waals surface area contributed by atoms with Gasteiger partial charge in [0.05, 0.1) is 33.0 Å². The number of esters is 1. The Labute approximate surface area is 371 Å². The first-order chi connectivity index (χ1) is 29.9. The van der Waals surface area contributed by atoms with Crippen molar-refractivity contribution in [2.24, 2.45) is 5.41 Å². The lowest BCUT2D eigenvalue weighted by Gasteiger charge is -2.30. The van der Waals surface area contributed by atoms with Crippen LogP contribution < -0.4 is 4.74 Å². The molecule has 0 saturated carbocycles. The molecule has 0 spiro atoms. The minimum absolute atomic E-state index is 0.125. The smallest absolute Gasteiger partial charge is 0.333 e. The van der Waals surface area contributed by atoms with Crippen molar-refractivity contribution in [1.29, 1.82) is 0 Å². The minimum atomic E-state index is -0.638. The van der Waals surface area contributed by atoms with E-state index in [1.807, 2.05) is 25.1 Å². The number of benzene rings is 4. The fourth-order valence-corrected chi connectivity index (χ4v) is 7.72. The van der Waals surface area contributed by atoms with Crippen molar-refractivity contribution >= 4 is 5.97 Å². The lowest BCUT2D eigenvalue weighted by Crippen LogP contribution is -2.32. The number of ether oxygens (including phenoxy) is 3. The van der Waals surface area contributed by atoms with Crippen LogP contribution in [0.15, 0.2) is 109 Å². The molecule has 0 aliphatic heterocycles. The molecule has 4 rings (SSSR count). The number of halogens is 1. The summed E-state index contributed by atoms with van der Waals surface area (Å²) in [6.07, 6.45) is 10.9. The Hall–Kier alpha value is -4.98. The minimum Gasteiger partial charge on any atom is -0.494 e. The average Bonchev–Trinajstić information content (AvgIpc) is 3.28. The van der Waals surface area contributed by atoms with Gasteiger partial charge in [0, 0.05) is 16.6 Å². The monoisotopic (exact) mass is 847 g/mol. The molecular formula is C55H71FO6. The van der Waals surface area contributed by atoms with Gasteiger partial charge in [0.2, 0.25) is 0 Å². The van der Waals surface area contributed by atoms with Gasteiger partial charge in [-0.05, 0) is 145 Å². The molecule has 2 N–H and O–H groups in total. The third-order valence-electron chi connectivity index (χ3n) is 11.8. The molecule has 0 atom stereocenters. The Bertz CT molecular complexity index is 2040. The molecule has 4 aromatic rings. The molecule has 0 unspecified atom stereocenters. The average molecular weight is 847 g/mol. The van der Waals surface area contributed by atoms with Crippen LogP contribution in [0.3, 0.4) is 0 Å². The van der Waals surface area contributed by atoms with Crippen molar-refractivity contribution in [3.05, 3.63) is 138 Å². The highest BCUT2D eigenvalue weighted by molar-refractivity contribution is 5.86. The highest BCUT2D eigenvalue weighted by Gasteiger charge is 2.28. The van der Waals surface area contributed by atoms with Crippen molar-refractivity contribution in [3.8, 4) is 39.1 Å². The number of aliphatic hydroxyl groups excluding tert-OH is 2. The first-order valence-electron chi connectivity index (χ1n) is 22.7. The van der Waals surface area contributed by atoms with Crippen molar-refractivity contribution in [1.82, 2.24) is 0 Å². The van der Waals surface area contributed by atoms with Crippen LogP contribution in [0, 0.1) is 11.2 Å². The third-order valence-corrected chi connectivity index (χ3v) is 11.8. The highest BCUT2D eigenvalue weighted by Crippen LogP contribution is 2.38. The summed E-state index contributed by atoms with van der Waals surface area (Å²) in [5.41, 5.74) is 10.1. The van der Waals surface area contributed by atoms with Gasteiger partial charge >= 0.3 is 5.97 Å². The van der Waals surface area contributed by atoms with Gasteiger partial charge in [0.1, 0.15) is 17.3 Å². The van der Waals surface area contributed by atoms with E-state index in [2.05, 4.69) is 89.0 Å². The first-order valence-corrected chi connectivity index (χ1v) is 22.7. The molecular weight excluding hydrogens is 776 g/mol. The van der Waals surface area contributed by atoms with Crippen LogP contribution in [-0.2, 0) is 40.0 Å². The van der Waals surface area contributed by atoms with Crippen molar-refractivity contribution in [3.63, 3.8) is 0 Å². The number of aryl methyl sites for hydroxylation is 4. The molecule has 334 valence electrons. The Balaban J connectivity index is 1.72. The fraction of sp³-hybridized carbons (Fsp3) is 0.436. The van der Waals surface area contributed by atoms with E-state index >= 15 is 4.39 Å². The summed E-state index contributed by atoms with van der Waals surface area (Å²) < 4.78 is 34.1. The second kappa shape index (κ2) is 25.2. The summed E-state index contributed by atoms with van der Waals surface area (Å²) in [5.74, 6) is 0.624. The van der Waals surface area contributed by atoms with Crippen LogP contribution in [0.1, 0.15) is 115 Å². The van der Waals surface area contributed by atoms with Crippen molar-refractivity contribution < 1.29 is 33.6 Å². The number of carbonyl (C=O) groups excluding carboxylic acids is 1. The molecule has 0 bridgehead atoms. The van der Waals surface area contributed by atoms with Gasteiger partial charge < -0.3 is 24.4 Å². The van der Waals surface area contributed by atoms with Gasteiger partial charge in [-0.3, -0.25) is 0 Å². The third kappa shape index (κ3) is 14.3. The lowest BCUT2D eigenvalue weighted by molar-refractivity contribution is -0.139. The largest absolute Gasteiger partial charge is 0.494 e. The van der Waals surface area contributed by atoms with Crippen LogP contribution in [0.2, 0.25) is 0 Å². The molecule has 7 heteroatoms. The van der Waals surface area contributed by atoms with Crippen LogP contribution >= 0.6 is 0 Å². The predicted octanol–water partition coefficient (Wildman–Crippen LogP) is 13.1. The Morgan fingerprint density at radius 3 is 1.79 bits per heavy atom. The summed E-state index contributed by atoms with van der Waals surface area (Å²) in [5, 5.41) is 20.7. The van der Waals surface area contributed by atoms with Gasteiger partial charge in [-0.1, -0.05) is 121 Å². The predicted molar refractivity (Wildman–Crippen MR) is 254 cm³/mol. The number of unbranched alkanes of at least 4 members (excludes halogenated alkanes) is 3. The van der Waals surface area contributed by atoms with Crippen molar-refractivity contribution in [2.75, 3.05) is 33.0 Å². The molecule has 0 aliphatic carbocycles. The SMILES string of the molecule is C=C(C)C(=C)OCCCc1cc(-c2ccc(-c3ccc(-c4ccc(CCCCC)cc4)cc3F)cc2CC)cc(CCCOC(=O)C(=C)C)c1OCCC(CO)(CO)CCCC. The van der Waals surface area contributed by atoms with E-state index in [9.17, 15) is 15.0 Å². The molecule has 62 heavy (non-hydrogen) atoms. The summed E-state index contributed by atoms with van der Waals surface area (Å²) in [7, 11) is 0. The fourth-order valence-electron chi connectivity index (χ4n) is 7.72. The molecule has 0 saturated heterocycles. The number of aliphatic hydroxyl groups is 2. The zero-order valence-corrected chi connectivity index (χ0v) is 38.2. The number of rotatable bonds is 28. The maximum atomic E-state index is 16.0. The van der Waals surface area contributed by atoms with Gasteiger partial charge in [0.15, 0.2) is 0 Å². The van der Waals surface area contributed by atoms with Crippen LogP contribution in [-0.4, -0.2) is 49.2 Å². The molecule has 6 nitrogen and oxygen atoms in total. The van der Waals surface area contributed by atoms with Crippen LogP contribution in [0.5, 0.6) is 5.75 Å². The maximum absolute atomic E-state index is 16.0. The summed E-state index contributed by atoms with van der Waals surface area (Å²) in [4.78, 5) is 12.2. The number of hydrogen-bond donors (Lipinski definition) is 2. The summed E-state index contributed by atoms with van der Waals surface area (Å²) in [6, 6.07) is 24.5. The number of hydrogen-bond acceptors (Lipinski definition) is 6. The summed E-state index contributed by atoms with van der Waals surface area (Å²) in [6.45, 7) is 22.3.